The molecule has 0 aliphatic carbocycles. The van der Waals surface area contributed by atoms with Crippen LogP contribution in [0.3, 0.4) is 0 Å². The average Bonchev–Trinajstić information content (AvgIpc) is 3.16. The summed E-state index contributed by atoms with van der Waals surface area (Å²) in [6, 6.07) is 9.73. The molecule has 1 aliphatic heterocycles. The van der Waals surface area contributed by atoms with Gasteiger partial charge >= 0.3 is 0 Å². The van der Waals surface area contributed by atoms with Gasteiger partial charge in [-0.1, -0.05) is 35.9 Å². The minimum atomic E-state index is -3.55. The van der Waals surface area contributed by atoms with Gasteiger partial charge in [-0.2, -0.15) is 4.31 Å². The van der Waals surface area contributed by atoms with Gasteiger partial charge in [-0.3, -0.25) is 10.1 Å². The molecule has 3 aromatic rings. The summed E-state index contributed by atoms with van der Waals surface area (Å²) >= 11 is 7.54. The van der Waals surface area contributed by atoms with Crippen molar-refractivity contribution in [3.8, 4) is 0 Å². The highest BCUT2D eigenvalue weighted by molar-refractivity contribution is 7.89. The Morgan fingerprint density at radius 3 is 2.63 bits per heavy atom. The molecule has 1 atom stereocenters. The molecule has 158 valence electrons. The lowest BCUT2D eigenvalue weighted by Crippen LogP contribution is -2.39. The van der Waals surface area contributed by atoms with Gasteiger partial charge in [-0.15, -0.1) is 0 Å². The summed E-state index contributed by atoms with van der Waals surface area (Å²) in [5, 5.41) is 3.82. The SMILES string of the molecule is Cc1ccc(Cl)c2sc(NC(=O)c3ccc(S(=O)(=O)N4CCC[C@H](C)C4)cc3)nc12. The molecule has 4 rings (SSSR count). The van der Waals surface area contributed by atoms with Crippen LogP contribution in [0, 0.1) is 12.8 Å². The van der Waals surface area contributed by atoms with Crippen molar-refractivity contribution in [2.45, 2.75) is 31.6 Å². The third-order valence-electron chi connectivity index (χ3n) is 5.29. The number of fused-ring (bicyclic) bond motifs is 1. The second-order valence-electron chi connectivity index (χ2n) is 7.65. The maximum absolute atomic E-state index is 12.9. The number of carbonyl (C=O) groups excluding carboxylic acids is 1. The van der Waals surface area contributed by atoms with Crippen molar-refractivity contribution in [1.29, 1.82) is 0 Å². The molecule has 0 saturated carbocycles. The molecule has 1 saturated heterocycles. The zero-order valence-corrected chi connectivity index (χ0v) is 19.1. The maximum Gasteiger partial charge on any atom is 0.257 e. The fraction of sp³-hybridized carbons (Fsp3) is 0.333. The average molecular weight is 464 g/mol. The lowest BCUT2D eigenvalue weighted by Gasteiger charge is -2.30. The molecule has 0 spiro atoms. The van der Waals surface area contributed by atoms with Gasteiger partial charge in [0.05, 0.1) is 20.1 Å². The minimum Gasteiger partial charge on any atom is -0.298 e. The largest absolute Gasteiger partial charge is 0.298 e. The van der Waals surface area contributed by atoms with Gasteiger partial charge in [0.25, 0.3) is 5.91 Å². The van der Waals surface area contributed by atoms with Gasteiger partial charge in [0.1, 0.15) is 0 Å². The Kier molecular flexibility index (Phi) is 5.85. The van der Waals surface area contributed by atoms with Crippen molar-refractivity contribution in [1.82, 2.24) is 9.29 Å². The van der Waals surface area contributed by atoms with Crippen LogP contribution in [0.1, 0.15) is 35.7 Å². The first-order valence-electron chi connectivity index (χ1n) is 9.73. The molecule has 0 unspecified atom stereocenters. The molecule has 1 N–H and O–H groups in total. The Bertz CT molecular complexity index is 1170. The van der Waals surface area contributed by atoms with Crippen molar-refractivity contribution < 1.29 is 13.2 Å². The van der Waals surface area contributed by atoms with Crippen LogP contribution < -0.4 is 5.32 Å². The number of halogens is 1. The molecule has 2 heterocycles. The van der Waals surface area contributed by atoms with Crippen molar-refractivity contribution in [3.63, 3.8) is 0 Å². The van der Waals surface area contributed by atoms with Crippen LogP contribution in [-0.4, -0.2) is 36.7 Å². The summed E-state index contributed by atoms with van der Waals surface area (Å²) in [6.45, 7) is 5.07. The first kappa shape index (κ1) is 21.2. The van der Waals surface area contributed by atoms with Gasteiger partial charge in [-0.25, -0.2) is 13.4 Å². The van der Waals surface area contributed by atoms with Gasteiger partial charge < -0.3 is 0 Å². The molecule has 0 radical (unpaired) electrons. The second kappa shape index (κ2) is 8.26. The number of carbonyl (C=O) groups is 1. The second-order valence-corrected chi connectivity index (χ2v) is 11.0. The number of amides is 1. The normalized spacial score (nSPS) is 17.9. The Morgan fingerprint density at radius 1 is 1.23 bits per heavy atom. The van der Waals surface area contributed by atoms with E-state index in [4.69, 9.17) is 11.6 Å². The molecular formula is C21H22ClN3O3S2. The predicted molar refractivity (Wildman–Crippen MR) is 121 cm³/mol. The first-order chi connectivity index (χ1) is 14.3. The van der Waals surface area contributed by atoms with Crippen LogP contribution in [-0.2, 0) is 10.0 Å². The molecule has 2 aromatic carbocycles. The Balaban J connectivity index is 1.52. The zero-order valence-electron chi connectivity index (χ0n) is 16.7. The highest BCUT2D eigenvalue weighted by atomic mass is 35.5. The molecule has 9 heteroatoms. The van der Waals surface area contributed by atoms with E-state index in [9.17, 15) is 13.2 Å². The molecule has 1 amide bonds. The number of sulfonamides is 1. The van der Waals surface area contributed by atoms with E-state index in [1.54, 1.807) is 0 Å². The summed E-state index contributed by atoms with van der Waals surface area (Å²) in [6.07, 6.45) is 1.91. The van der Waals surface area contributed by atoms with Crippen LogP contribution in [0.2, 0.25) is 5.02 Å². The maximum atomic E-state index is 12.9. The number of nitrogens with one attached hydrogen (secondary N) is 1. The lowest BCUT2D eigenvalue weighted by atomic mass is 10.0. The molecule has 1 aromatic heterocycles. The van der Waals surface area contributed by atoms with Gasteiger partial charge in [0.15, 0.2) is 5.13 Å². The molecule has 1 fully saturated rings. The van der Waals surface area contributed by atoms with Crippen molar-refractivity contribution in [3.05, 3.63) is 52.5 Å². The monoisotopic (exact) mass is 463 g/mol. The van der Waals surface area contributed by atoms with E-state index in [-0.39, 0.29) is 10.8 Å². The molecule has 6 nitrogen and oxygen atoms in total. The van der Waals surface area contributed by atoms with E-state index >= 15 is 0 Å². The quantitative estimate of drug-likeness (QED) is 0.594. The number of benzene rings is 2. The number of nitrogens with zero attached hydrogens (tertiary/aromatic N) is 2. The topological polar surface area (TPSA) is 79.4 Å². The third-order valence-corrected chi connectivity index (χ3v) is 8.60. The van der Waals surface area contributed by atoms with E-state index in [1.807, 2.05) is 19.1 Å². The fourth-order valence-corrected chi connectivity index (χ4v) is 6.43. The van der Waals surface area contributed by atoms with E-state index in [0.717, 1.165) is 28.6 Å². The number of piperidine rings is 1. The van der Waals surface area contributed by atoms with Crippen LogP contribution >= 0.6 is 22.9 Å². The van der Waals surface area contributed by atoms with Crippen molar-refractivity contribution in [2.24, 2.45) is 5.92 Å². The highest BCUT2D eigenvalue weighted by Gasteiger charge is 2.28. The summed E-state index contributed by atoms with van der Waals surface area (Å²) in [4.78, 5) is 17.3. The van der Waals surface area contributed by atoms with Gasteiger partial charge in [-0.05, 0) is 61.6 Å². The highest BCUT2D eigenvalue weighted by Crippen LogP contribution is 2.34. The minimum absolute atomic E-state index is 0.204. The standard InChI is InChI=1S/C21H22ClN3O3S2/c1-13-4-3-11-25(12-13)30(27,28)16-8-6-15(7-9-16)20(26)24-21-23-18-14(2)5-10-17(22)19(18)29-21/h5-10,13H,3-4,11-12H2,1-2H3,(H,23,24,26)/t13-/m0/s1. The van der Waals surface area contributed by atoms with Crippen LogP contribution in [0.25, 0.3) is 10.2 Å². The number of hydrogen-bond donors (Lipinski definition) is 1. The Morgan fingerprint density at radius 2 is 1.97 bits per heavy atom. The van der Waals surface area contributed by atoms with Crippen molar-refractivity contribution in [2.75, 3.05) is 18.4 Å². The van der Waals surface area contributed by atoms with Crippen molar-refractivity contribution >= 4 is 54.2 Å². The number of aryl methyl sites for hydroxylation is 1. The molecular weight excluding hydrogens is 442 g/mol. The number of thiazole rings is 1. The van der Waals surface area contributed by atoms with Gasteiger partial charge in [0.2, 0.25) is 10.0 Å². The van der Waals surface area contributed by atoms with E-state index in [2.05, 4.69) is 17.2 Å². The summed E-state index contributed by atoms with van der Waals surface area (Å²) in [5.74, 6) is 0.00268. The van der Waals surface area contributed by atoms with Gasteiger partial charge in [0, 0.05) is 18.7 Å². The summed E-state index contributed by atoms with van der Waals surface area (Å²) < 4.78 is 28.1. The van der Waals surface area contributed by atoms with Crippen LogP contribution in [0.5, 0.6) is 0 Å². The Labute approximate surface area is 184 Å². The van der Waals surface area contributed by atoms with E-state index < -0.39 is 10.0 Å². The zero-order chi connectivity index (χ0) is 21.5. The Hall–Kier alpha value is -2.00. The van der Waals surface area contributed by atoms with Crippen LogP contribution in [0.15, 0.2) is 41.3 Å². The third kappa shape index (κ3) is 4.09. The first-order valence-corrected chi connectivity index (χ1v) is 12.4. The number of rotatable bonds is 4. The summed E-state index contributed by atoms with van der Waals surface area (Å²) in [5.41, 5.74) is 2.11. The number of aromatic nitrogens is 1. The fourth-order valence-electron chi connectivity index (χ4n) is 3.62. The summed E-state index contributed by atoms with van der Waals surface area (Å²) in [7, 11) is -3.55. The number of hydrogen-bond acceptors (Lipinski definition) is 5. The molecule has 0 bridgehead atoms. The predicted octanol–water partition coefficient (Wildman–Crippen LogP) is 4.93. The molecule has 30 heavy (non-hydrogen) atoms. The van der Waals surface area contributed by atoms with E-state index in [1.165, 1.54) is 39.9 Å². The van der Waals surface area contributed by atoms with E-state index in [0.29, 0.717) is 34.7 Å². The smallest absolute Gasteiger partial charge is 0.257 e. The van der Waals surface area contributed by atoms with Crippen LogP contribution in [0.4, 0.5) is 5.13 Å². The lowest BCUT2D eigenvalue weighted by molar-refractivity contribution is 0.102. The number of anilines is 1. The molecule has 1 aliphatic rings.